The number of fused-ring (bicyclic) bond motifs is 2. The Morgan fingerprint density at radius 3 is 2.38 bits per heavy atom. The molecule has 4 rings (SSSR count). The molecule has 0 fully saturated rings. The molecule has 0 aromatic heterocycles. The van der Waals surface area contributed by atoms with Crippen molar-refractivity contribution in [3.8, 4) is 0 Å². The molecule has 2 heterocycles. The Morgan fingerprint density at radius 1 is 1.07 bits per heavy atom. The van der Waals surface area contributed by atoms with E-state index in [1.165, 1.54) is 30.3 Å². The molecule has 4 nitrogen and oxygen atoms in total. The van der Waals surface area contributed by atoms with Crippen molar-refractivity contribution >= 4 is 46.6 Å². The van der Waals surface area contributed by atoms with Crippen LogP contribution in [0.2, 0.25) is 5.02 Å². The van der Waals surface area contributed by atoms with E-state index in [1.54, 1.807) is 0 Å². The van der Waals surface area contributed by atoms with Crippen LogP contribution in [-0.4, -0.2) is 24.2 Å². The minimum atomic E-state index is -5.63. The smallest absolute Gasteiger partial charge is 0.323 e. The van der Waals surface area contributed by atoms with E-state index in [9.17, 15) is 35.9 Å². The summed E-state index contributed by atoms with van der Waals surface area (Å²) in [6.07, 6.45) is -11.2. The second kappa shape index (κ2) is 6.05. The number of anilines is 2. The summed E-state index contributed by atoms with van der Waals surface area (Å²) in [7, 11) is 0. The van der Waals surface area contributed by atoms with E-state index >= 15 is 0 Å². The van der Waals surface area contributed by atoms with Gasteiger partial charge in [0.15, 0.2) is 0 Å². The van der Waals surface area contributed by atoms with E-state index in [-0.39, 0.29) is 21.3 Å². The minimum absolute atomic E-state index is 0.0140. The average Bonchev–Trinajstić information content (AvgIpc) is 2.86. The lowest BCUT2D eigenvalue weighted by atomic mass is 9.90. The molecule has 2 amide bonds. The lowest BCUT2D eigenvalue weighted by molar-refractivity contribution is -0.210. The number of nitrogens with zero attached hydrogens (tertiary/aromatic N) is 1. The molecule has 12 heteroatoms. The van der Waals surface area contributed by atoms with Crippen LogP contribution in [0.15, 0.2) is 46.2 Å². The molecular formula is C17H7ClF6N2O2S. The van der Waals surface area contributed by atoms with E-state index in [0.29, 0.717) is 9.80 Å². The molecule has 2 aliphatic heterocycles. The van der Waals surface area contributed by atoms with Gasteiger partial charge in [0.25, 0.3) is 5.91 Å². The molecular weight excluding hydrogens is 446 g/mol. The third kappa shape index (κ3) is 2.71. The largest absolute Gasteiger partial charge is 0.471 e. The normalized spacial score (nSPS) is 20.4. The third-order valence-electron chi connectivity index (χ3n) is 4.52. The fraction of sp³-hybridized carbons (Fsp3) is 0.176. The van der Waals surface area contributed by atoms with Crippen molar-refractivity contribution in [2.24, 2.45) is 0 Å². The van der Waals surface area contributed by atoms with Crippen molar-refractivity contribution in [2.75, 3.05) is 4.90 Å². The maximum Gasteiger partial charge on any atom is 0.471 e. The van der Waals surface area contributed by atoms with Crippen LogP contribution in [-0.2, 0) is 15.1 Å². The molecule has 1 unspecified atom stereocenters. The highest BCUT2D eigenvalue weighted by molar-refractivity contribution is 7.99. The van der Waals surface area contributed by atoms with Gasteiger partial charge in [0, 0.05) is 20.4 Å². The highest BCUT2D eigenvalue weighted by Gasteiger charge is 2.70. The molecule has 2 aromatic rings. The summed E-state index contributed by atoms with van der Waals surface area (Å²) in [5.41, 5.74) is -4.93. The first-order chi connectivity index (χ1) is 13.4. The summed E-state index contributed by atoms with van der Waals surface area (Å²) in [5.74, 6) is -4.64. The quantitative estimate of drug-likeness (QED) is 0.625. The summed E-state index contributed by atoms with van der Waals surface area (Å²) in [6.45, 7) is 0. The van der Waals surface area contributed by atoms with Crippen molar-refractivity contribution < 1.29 is 35.9 Å². The fourth-order valence-electron chi connectivity index (χ4n) is 3.33. The van der Waals surface area contributed by atoms with Gasteiger partial charge in [0.1, 0.15) is 0 Å². The van der Waals surface area contributed by atoms with E-state index in [4.69, 9.17) is 11.6 Å². The number of rotatable bonds is 1. The van der Waals surface area contributed by atoms with Gasteiger partial charge in [-0.05, 0) is 24.3 Å². The summed E-state index contributed by atoms with van der Waals surface area (Å²) in [4.78, 5) is 25.8. The topological polar surface area (TPSA) is 49.4 Å². The highest BCUT2D eigenvalue weighted by Crippen LogP contribution is 2.59. The van der Waals surface area contributed by atoms with Crippen LogP contribution in [0, 0.1) is 0 Å². The third-order valence-corrected chi connectivity index (χ3v) is 5.87. The van der Waals surface area contributed by atoms with Crippen LogP contribution in [0.5, 0.6) is 0 Å². The Morgan fingerprint density at radius 2 is 1.76 bits per heavy atom. The van der Waals surface area contributed by atoms with E-state index in [0.717, 1.165) is 23.1 Å². The predicted molar refractivity (Wildman–Crippen MR) is 91.1 cm³/mol. The Bertz CT molecular complexity index is 1070. The van der Waals surface area contributed by atoms with Crippen LogP contribution in [0.4, 0.5) is 37.7 Å². The zero-order chi connectivity index (χ0) is 21.4. The average molecular weight is 453 g/mol. The van der Waals surface area contributed by atoms with Crippen LogP contribution in [0.1, 0.15) is 5.56 Å². The summed E-state index contributed by atoms with van der Waals surface area (Å²) < 4.78 is 80.8. The lowest BCUT2D eigenvalue weighted by Crippen LogP contribution is -2.63. The van der Waals surface area contributed by atoms with Crippen LogP contribution in [0.3, 0.4) is 0 Å². The first kappa shape index (κ1) is 19.9. The van der Waals surface area contributed by atoms with Gasteiger partial charge in [-0.15, -0.1) is 0 Å². The molecule has 0 saturated carbocycles. The number of hydrogen-bond donors (Lipinski definition) is 1. The number of carbonyl (C=O) groups excluding carboxylic acids is 2. The van der Waals surface area contributed by atoms with Gasteiger partial charge in [0.2, 0.25) is 5.54 Å². The number of alkyl halides is 6. The maximum atomic E-state index is 14.1. The number of amides is 2. The van der Waals surface area contributed by atoms with Gasteiger partial charge < -0.3 is 5.32 Å². The zero-order valence-electron chi connectivity index (χ0n) is 13.8. The highest BCUT2D eigenvalue weighted by atomic mass is 35.5. The number of benzene rings is 2. The number of nitrogens with one attached hydrogen (secondary N) is 1. The molecule has 0 bridgehead atoms. The molecule has 152 valence electrons. The Kier molecular flexibility index (Phi) is 4.15. The summed E-state index contributed by atoms with van der Waals surface area (Å²) in [5, 5.41) is 1.03. The standard InChI is InChI=1S/C17H7ClF6N2O2S/c18-7-4-5-10-9(6-7)26-12-8(2-1-3-11(12)29-10)15(14(26)28,17(22,23)24)25-13(27)16(19,20)21/h1-6H,(H,25,27). The fourth-order valence-corrected chi connectivity index (χ4v) is 4.57. The van der Waals surface area contributed by atoms with Gasteiger partial charge in [-0.1, -0.05) is 35.5 Å². The Hall–Kier alpha value is -2.40. The SMILES string of the molecule is O=C(NC1(C(F)(F)F)C(=O)N2c3cc(Cl)ccc3Sc3cccc1c32)C(F)(F)F. The van der Waals surface area contributed by atoms with Gasteiger partial charge in [-0.25, -0.2) is 0 Å². The predicted octanol–water partition coefficient (Wildman–Crippen LogP) is 4.92. The monoisotopic (exact) mass is 452 g/mol. The minimum Gasteiger partial charge on any atom is -0.323 e. The molecule has 1 N–H and O–H groups in total. The van der Waals surface area contributed by atoms with E-state index in [1.807, 2.05) is 0 Å². The van der Waals surface area contributed by atoms with Gasteiger partial charge in [-0.2, -0.15) is 26.3 Å². The van der Waals surface area contributed by atoms with E-state index in [2.05, 4.69) is 0 Å². The summed E-state index contributed by atoms with van der Waals surface area (Å²) in [6, 6.07) is 7.66. The molecule has 0 radical (unpaired) electrons. The van der Waals surface area contributed by atoms with Crippen molar-refractivity contribution in [2.45, 2.75) is 27.7 Å². The molecule has 2 aliphatic rings. The molecule has 2 aromatic carbocycles. The van der Waals surface area contributed by atoms with Crippen molar-refractivity contribution in [3.05, 3.63) is 47.0 Å². The molecule has 1 atom stereocenters. The van der Waals surface area contributed by atoms with Crippen LogP contribution >= 0.6 is 23.4 Å². The summed E-state index contributed by atoms with van der Waals surface area (Å²) >= 11 is 6.94. The first-order valence-electron chi connectivity index (χ1n) is 7.79. The number of hydrogen-bond acceptors (Lipinski definition) is 3. The van der Waals surface area contributed by atoms with Gasteiger partial charge in [-0.3, -0.25) is 14.5 Å². The second-order valence-electron chi connectivity index (χ2n) is 6.21. The zero-order valence-corrected chi connectivity index (χ0v) is 15.4. The number of para-hydroxylation sites is 1. The molecule has 0 aliphatic carbocycles. The first-order valence-corrected chi connectivity index (χ1v) is 8.99. The van der Waals surface area contributed by atoms with Crippen molar-refractivity contribution in [1.29, 1.82) is 0 Å². The lowest BCUT2D eigenvalue weighted by Gasteiger charge is -2.32. The molecule has 0 spiro atoms. The van der Waals surface area contributed by atoms with Crippen molar-refractivity contribution in [1.82, 2.24) is 5.32 Å². The second-order valence-corrected chi connectivity index (χ2v) is 7.73. The Labute approximate surface area is 167 Å². The molecule has 29 heavy (non-hydrogen) atoms. The van der Waals surface area contributed by atoms with Crippen molar-refractivity contribution in [3.63, 3.8) is 0 Å². The van der Waals surface area contributed by atoms with Crippen LogP contribution < -0.4 is 10.2 Å². The van der Waals surface area contributed by atoms with Gasteiger partial charge in [0.05, 0.1) is 11.4 Å². The van der Waals surface area contributed by atoms with Gasteiger partial charge >= 0.3 is 18.3 Å². The van der Waals surface area contributed by atoms with Crippen LogP contribution in [0.25, 0.3) is 0 Å². The number of halogens is 7. The molecule has 0 saturated heterocycles. The van der Waals surface area contributed by atoms with E-state index < -0.39 is 35.3 Å². The number of carbonyl (C=O) groups is 2. The maximum absolute atomic E-state index is 14.1. The Balaban J connectivity index is 2.01.